The minimum absolute atomic E-state index is 0.0597. The number of nitrogens with one attached hydrogen (secondary N) is 2. The van der Waals surface area contributed by atoms with E-state index in [1.807, 2.05) is 31.2 Å². The number of hydrogen-bond acceptors (Lipinski definition) is 7. The van der Waals surface area contributed by atoms with Gasteiger partial charge < -0.3 is 15.3 Å². The van der Waals surface area contributed by atoms with Crippen molar-refractivity contribution in [3.63, 3.8) is 0 Å². The second kappa shape index (κ2) is 10.3. The van der Waals surface area contributed by atoms with Gasteiger partial charge in [-0.05, 0) is 30.8 Å². The van der Waals surface area contributed by atoms with Crippen LogP contribution in [-0.2, 0) is 16.1 Å². The number of aromatic amines is 1. The summed E-state index contributed by atoms with van der Waals surface area (Å²) >= 11 is 0. The molecule has 10 heteroatoms. The molecule has 0 spiro atoms. The first-order chi connectivity index (χ1) is 13.0. The molecular formula is C17H25N7O3. The molecule has 0 bridgehead atoms. The summed E-state index contributed by atoms with van der Waals surface area (Å²) in [6.07, 6.45) is 0. The van der Waals surface area contributed by atoms with Gasteiger partial charge in [-0.1, -0.05) is 18.2 Å². The minimum atomic E-state index is -0.250. The summed E-state index contributed by atoms with van der Waals surface area (Å²) in [5, 5.41) is 23.9. The first-order valence-corrected chi connectivity index (χ1v) is 8.66. The highest BCUT2D eigenvalue weighted by molar-refractivity contribution is 5.81. The Balaban J connectivity index is 0.000000817. The fourth-order valence-corrected chi connectivity index (χ4v) is 2.82. The summed E-state index contributed by atoms with van der Waals surface area (Å²) in [6, 6.07) is 7.68. The smallest absolute Gasteiger partial charge is 0.290 e. The second-order valence-corrected chi connectivity index (χ2v) is 6.27. The summed E-state index contributed by atoms with van der Waals surface area (Å²) in [7, 11) is 2.11. The zero-order chi connectivity index (χ0) is 19.6. The van der Waals surface area contributed by atoms with Crippen molar-refractivity contribution in [2.24, 2.45) is 0 Å². The normalized spacial score (nSPS) is 16.1. The van der Waals surface area contributed by atoms with E-state index in [2.05, 4.69) is 42.8 Å². The summed E-state index contributed by atoms with van der Waals surface area (Å²) < 4.78 is 0. The molecule has 0 radical (unpaired) electrons. The number of tetrazole rings is 1. The molecule has 27 heavy (non-hydrogen) atoms. The Morgan fingerprint density at radius 2 is 2.07 bits per heavy atom. The average Bonchev–Trinajstić information content (AvgIpc) is 3.22. The van der Waals surface area contributed by atoms with E-state index in [-0.39, 0.29) is 18.4 Å². The predicted molar refractivity (Wildman–Crippen MR) is 98.7 cm³/mol. The molecule has 2 aromatic rings. The number of amides is 1. The van der Waals surface area contributed by atoms with E-state index in [0.29, 0.717) is 12.4 Å². The maximum Gasteiger partial charge on any atom is 0.290 e. The molecule has 1 aliphatic heterocycles. The lowest BCUT2D eigenvalue weighted by Gasteiger charge is -2.35. The average molecular weight is 375 g/mol. The molecule has 1 aliphatic rings. The number of carboxylic acid groups (broad SMARTS) is 1. The second-order valence-electron chi connectivity index (χ2n) is 6.27. The highest BCUT2D eigenvalue weighted by Crippen LogP contribution is 2.15. The van der Waals surface area contributed by atoms with Crippen LogP contribution in [0.15, 0.2) is 24.3 Å². The molecule has 3 rings (SSSR count). The maximum absolute atomic E-state index is 12.4. The predicted octanol–water partition coefficient (Wildman–Crippen LogP) is -0.180. The van der Waals surface area contributed by atoms with Crippen LogP contribution in [0.5, 0.6) is 0 Å². The SMILES string of the molecule is CC(C(=O)NCc1cccc(-c2nn[nH]n2)c1)N1CCN(C)CC1.O=CO. The Morgan fingerprint density at radius 1 is 1.37 bits per heavy atom. The van der Waals surface area contributed by atoms with Gasteiger partial charge in [0, 0.05) is 38.3 Å². The van der Waals surface area contributed by atoms with Gasteiger partial charge >= 0.3 is 0 Å². The molecule has 1 saturated heterocycles. The third-order valence-electron chi connectivity index (χ3n) is 4.46. The van der Waals surface area contributed by atoms with Crippen LogP contribution in [0.2, 0.25) is 0 Å². The standard InChI is InChI=1S/C16H23N7O.CH2O2/c1-12(23-8-6-22(2)7-9-23)16(24)17-11-13-4-3-5-14(10-13)15-18-20-21-19-15;2-1-3/h3-5,10,12H,6-9,11H2,1-2H3,(H,17,24)(H,18,19,20,21);1H,(H,2,3). The van der Waals surface area contributed by atoms with E-state index in [0.717, 1.165) is 37.3 Å². The van der Waals surface area contributed by atoms with E-state index >= 15 is 0 Å². The van der Waals surface area contributed by atoms with Gasteiger partial charge in [0.2, 0.25) is 11.7 Å². The summed E-state index contributed by atoms with van der Waals surface area (Å²) in [5.74, 6) is 0.610. The van der Waals surface area contributed by atoms with Crippen molar-refractivity contribution in [3.05, 3.63) is 29.8 Å². The van der Waals surface area contributed by atoms with Crippen LogP contribution in [0.3, 0.4) is 0 Å². The van der Waals surface area contributed by atoms with Crippen molar-refractivity contribution in [2.75, 3.05) is 33.2 Å². The monoisotopic (exact) mass is 375 g/mol. The van der Waals surface area contributed by atoms with Crippen molar-refractivity contribution < 1.29 is 14.7 Å². The lowest BCUT2D eigenvalue weighted by Crippen LogP contribution is -2.52. The van der Waals surface area contributed by atoms with E-state index < -0.39 is 0 Å². The number of carbonyl (C=O) groups is 2. The van der Waals surface area contributed by atoms with Gasteiger partial charge in [0.15, 0.2) is 0 Å². The molecule has 2 heterocycles. The third kappa shape index (κ3) is 6.12. The summed E-state index contributed by atoms with van der Waals surface area (Å²) in [5.41, 5.74) is 1.89. The summed E-state index contributed by atoms with van der Waals surface area (Å²) in [6.45, 7) is 6.07. The van der Waals surface area contributed by atoms with Gasteiger partial charge in [0.25, 0.3) is 6.47 Å². The molecule has 1 unspecified atom stereocenters. The van der Waals surface area contributed by atoms with E-state index in [4.69, 9.17) is 9.90 Å². The molecule has 1 amide bonds. The number of likely N-dealkylation sites (N-methyl/N-ethyl adjacent to an activating group) is 1. The Bertz CT molecular complexity index is 715. The number of nitrogens with zero attached hydrogens (tertiary/aromatic N) is 5. The van der Waals surface area contributed by atoms with Crippen LogP contribution in [-0.4, -0.2) is 87.2 Å². The van der Waals surface area contributed by atoms with Gasteiger partial charge in [-0.2, -0.15) is 5.21 Å². The first-order valence-electron chi connectivity index (χ1n) is 8.66. The molecule has 3 N–H and O–H groups in total. The molecule has 10 nitrogen and oxygen atoms in total. The van der Waals surface area contributed by atoms with Crippen molar-refractivity contribution in [1.82, 2.24) is 35.7 Å². The zero-order valence-electron chi connectivity index (χ0n) is 15.5. The van der Waals surface area contributed by atoms with E-state index in [1.165, 1.54) is 0 Å². The van der Waals surface area contributed by atoms with E-state index in [1.54, 1.807) is 0 Å². The quantitative estimate of drug-likeness (QED) is 0.614. The van der Waals surface area contributed by atoms with Gasteiger partial charge in [-0.25, -0.2) is 0 Å². The van der Waals surface area contributed by atoms with Gasteiger partial charge in [-0.3, -0.25) is 14.5 Å². The number of piperazine rings is 1. The molecule has 146 valence electrons. The number of benzene rings is 1. The van der Waals surface area contributed by atoms with Crippen LogP contribution in [0.1, 0.15) is 12.5 Å². The number of hydrogen-bond donors (Lipinski definition) is 3. The largest absolute Gasteiger partial charge is 0.483 e. The zero-order valence-corrected chi connectivity index (χ0v) is 15.5. The van der Waals surface area contributed by atoms with Crippen LogP contribution in [0.4, 0.5) is 0 Å². The maximum atomic E-state index is 12.4. The lowest BCUT2D eigenvalue weighted by atomic mass is 10.1. The van der Waals surface area contributed by atoms with Gasteiger partial charge in [-0.15, -0.1) is 10.2 Å². The number of rotatable bonds is 5. The molecule has 1 fully saturated rings. The molecule has 1 aromatic carbocycles. The number of H-pyrrole nitrogens is 1. The van der Waals surface area contributed by atoms with Crippen LogP contribution < -0.4 is 5.32 Å². The lowest BCUT2D eigenvalue weighted by molar-refractivity contribution is -0.126. The molecule has 0 saturated carbocycles. The van der Waals surface area contributed by atoms with Crippen molar-refractivity contribution >= 4 is 12.4 Å². The van der Waals surface area contributed by atoms with E-state index in [9.17, 15) is 4.79 Å². The number of carbonyl (C=O) groups excluding carboxylic acids is 1. The topological polar surface area (TPSA) is 127 Å². The Morgan fingerprint density at radius 3 is 2.70 bits per heavy atom. The van der Waals surface area contributed by atoms with Crippen molar-refractivity contribution in [3.8, 4) is 11.4 Å². The van der Waals surface area contributed by atoms with Crippen LogP contribution >= 0.6 is 0 Å². The van der Waals surface area contributed by atoms with Gasteiger partial charge in [0.05, 0.1) is 6.04 Å². The first kappa shape index (κ1) is 20.5. The Kier molecular flexibility index (Phi) is 7.83. The molecule has 0 aliphatic carbocycles. The minimum Gasteiger partial charge on any atom is -0.483 e. The fourth-order valence-electron chi connectivity index (χ4n) is 2.82. The highest BCUT2D eigenvalue weighted by Gasteiger charge is 2.24. The fraction of sp³-hybridized carbons (Fsp3) is 0.471. The summed E-state index contributed by atoms with van der Waals surface area (Å²) in [4.78, 5) is 25.3. The van der Waals surface area contributed by atoms with Crippen molar-refractivity contribution in [2.45, 2.75) is 19.5 Å². The Hall–Kier alpha value is -2.85. The third-order valence-corrected chi connectivity index (χ3v) is 4.46. The van der Waals surface area contributed by atoms with Crippen molar-refractivity contribution in [1.29, 1.82) is 0 Å². The van der Waals surface area contributed by atoms with Crippen LogP contribution in [0, 0.1) is 0 Å². The highest BCUT2D eigenvalue weighted by atomic mass is 16.3. The van der Waals surface area contributed by atoms with Gasteiger partial charge in [0.1, 0.15) is 0 Å². The molecule has 1 atom stereocenters. The Labute approximate surface area is 157 Å². The molecule has 1 aromatic heterocycles. The number of aromatic nitrogens is 4. The van der Waals surface area contributed by atoms with Crippen LogP contribution in [0.25, 0.3) is 11.4 Å². The molecular weight excluding hydrogens is 350 g/mol.